The molecule has 0 bridgehead atoms. The van der Waals surface area contributed by atoms with E-state index in [4.69, 9.17) is 0 Å². The number of rotatable bonds is 4. The van der Waals surface area contributed by atoms with E-state index in [0.29, 0.717) is 0 Å². The van der Waals surface area contributed by atoms with Gasteiger partial charge in [-0.25, -0.2) is 9.97 Å². The van der Waals surface area contributed by atoms with Crippen LogP contribution in [0.5, 0.6) is 0 Å². The lowest BCUT2D eigenvalue weighted by molar-refractivity contribution is 0.876. The van der Waals surface area contributed by atoms with Gasteiger partial charge >= 0.3 is 0 Å². The molecule has 0 saturated carbocycles. The molecule has 106 valence electrons. The molecule has 1 N–H and O–H groups in total. The Kier molecular flexibility index (Phi) is 3.82. The topological polar surface area (TPSA) is 37.8 Å². The number of anilines is 1. The zero-order valence-electron chi connectivity index (χ0n) is 12.4. The monoisotopic (exact) mass is 277 g/mol. The number of nitrogens with one attached hydrogen (secondary N) is 1. The van der Waals surface area contributed by atoms with Crippen LogP contribution in [0.25, 0.3) is 10.9 Å². The number of benzene rings is 2. The predicted octanol–water partition coefficient (Wildman–Crippen LogP) is 4.37. The molecule has 3 aromatic rings. The molecule has 1 heterocycles. The smallest absolute Gasteiger partial charge is 0.137 e. The van der Waals surface area contributed by atoms with Crippen molar-refractivity contribution in [3.63, 3.8) is 0 Å². The highest BCUT2D eigenvalue weighted by Crippen LogP contribution is 2.25. The van der Waals surface area contributed by atoms with Crippen molar-refractivity contribution in [1.82, 2.24) is 9.97 Å². The van der Waals surface area contributed by atoms with Crippen molar-refractivity contribution >= 4 is 16.7 Å². The third-order valence-corrected chi connectivity index (χ3v) is 3.76. The van der Waals surface area contributed by atoms with Crippen LogP contribution in [0.3, 0.4) is 0 Å². The summed E-state index contributed by atoms with van der Waals surface area (Å²) in [5.74, 6) is 0.895. The van der Waals surface area contributed by atoms with E-state index in [9.17, 15) is 0 Å². The average molecular weight is 277 g/mol. The molecule has 0 radical (unpaired) electrons. The highest BCUT2D eigenvalue weighted by Gasteiger charge is 2.09. The number of fused-ring (bicyclic) bond motifs is 1. The van der Waals surface area contributed by atoms with Crippen molar-refractivity contribution in [1.29, 1.82) is 0 Å². The SMILES string of the molecule is CCc1ccc2ncnc(NC(C)c3ccccc3)c2c1. The minimum atomic E-state index is 0.203. The van der Waals surface area contributed by atoms with Crippen molar-refractivity contribution in [3.05, 3.63) is 66.0 Å². The van der Waals surface area contributed by atoms with E-state index in [1.165, 1.54) is 11.1 Å². The fourth-order valence-electron chi connectivity index (χ4n) is 2.47. The molecule has 21 heavy (non-hydrogen) atoms. The summed E-state index contributed by atoms with van der Waals surface area (Å²) in [6.45, 7) is 4.30. The molecule has 0 aliphatic carbocycles. The van der Waals surface area contributed by atoms with Gasteiger partial charge in [0.1, 0.15) is 12.1 Å². The highest BCUT2D eigenvalue weighted by atomic mass is 15.0. The zero-order valence-corrected chi connectivity index (χ0v) is 12.4. The predicted molar refractivity (Wildman–Crippen MR) is 87.4 cm³/mol. The van der Waals surface area contributed by atoms with E-state index in [1.807, 2.05) is 6.07 Å². The van der Waals surface area contributed by atoms with Crippen LogP contribution in [0.2, 0.25) is 0 Å². The van der Waals surface area contributed by atoms with E-state index in [0.717, 1.165) is 23.1 Å². The normalized spacial score (nSPS) is 12.3. The molecule has 0 fully saturated rings. The van der Waals surface area contributed by atoms with Crippen LogP contribution in [0, 0.1) is 0 Å². The lowest BCUT2D eigenvalue weighted by Crippen LogP contribution is -2.08. The second kappa shape index (κ2) is 5.92. The molecule has 1 atom stereocenters. The molecule has 0 aliphatic rings. The Bertz CT molecular complexity index is 738. The maximum Gasteiger partial charge on any atom is 0.137 e. The maximum absolute atomic E-state index is 4.43. The van der Waals surface area contributed by atoms with Crippen molar-refractivity contribution < 1.29 is 0 Å². The molecule has 2 aromatic carbocycles. The summed E-state index contributed by atoms with van der Waals surface area (Å²) in [5, 5.41) is 4.58. The Labute approximate surface area is 125 Å². The van der Waals surface area contributed by atoms with Crippen LogP contribution < -0.4 is 5.32 Å². The van der Waals surface area contributed by atoms with Crippen LogP contribution >= 0.6 is 0 Å². The summed E-state index contributed by atoms with van der Waals surface area (Å²) < 4.78 is 0. The van der Waals surface area contributed by atoms with Crippen molar-refractivity contribution in [2.75, 3.05) is 5.32 Å². The van der Waals surface area contributed by atoms with Gasteiger partial charge in [0.05, 0.1) is 5.52 Å². The third kappa shape index (κ3) is 2.87. The summed E-state index contributed by atoms with van der Waals surface area (Å²) in [5.41, 5.74) is 3.52. The Morgan fingerprint density at radius 3 is 2.62 bits per heavy atom. The minimum Gasteiger partial charge on any atom is -0.363 e. The number of aryl methyl sites for hydroxylation is 1. The van der Waals surface area contributed by atoms with E-state index < -0.39 is 0 Å². The van der Waals surface area contributed by atoms with Gasteiger partial charge in [-0.2, -0.15) is 0 Å². The molecule has 3 rings (SSSR count). The molecule has 0 amide bonds. The van der Waals surface area contributed by atoms with E-state index in [2.05, 4.69) is 71.6 Å². The van der Waals surface area contributed by atoms with Gasteiger partial charge in [0, 0.05) is 11.4 Å². The molecular weight excluding hydrogens is 258 g/mol. The Morgan fingerprint density at radius 2 is 1.86 bits per heavy atom. The average Bonchev–Trinajstić information content (AvgIpc) is 2.55. The van der Waals surface area contributed by atoms with Gasteiger partial charge in [-0.3, -0.25) is 0 Å². The first kappa shape index (κ1) is 13.6. The van der Waals surface area contributed by atoms with Crippen LogP contribution in [0.15, 0.2) is 54.9 Å². The molecule has 0 saturated heterocycles. The first-order valence-electron chi connectivity index (χ1n) is 7.33. The molecular formula is C18H19N3. The van der Waals surface area contributed by atoms with E-state index in [-0.39, 0.29) is 6.04 Å². The van der Waals surface area contributed by atoms with Gasteiger partial charge in [-0.05, 0) is 36.6 Å². The van der Waals surface area contributed by atoms with Gasteiger partial charge in [-0.15, -0.1) is 0 Å². The minimum absolute atomic E-state index is 0.203. The molecule has 0 aliphatic heterocycles. The highest BCUT2D eigenvalue weighted by molar-refractivity contribution is 5.89. The van der Waals surface area contributed by atoms with E-state index >= 15 is 0 Å². The molecule has 1 unspecified atom stereocenters. The lowest BCUT2D eigenvalue weighted by atomic mass is 10.1. The molecule has 0 spiro atoms. The first-order valence-corrected chi connectivity index (χ1v) is 7.33. The van der Waals surface area contributed by atoms with Crippen molar-refractivity contribution in [3.8, 4) is 0 Å². The zero-order chi connectivity index (χ0) is 14.7. The van der Waals surface area contributed by atoms with Crippen molar-refractivity contribution in [2.24, 2.45) is 0 Å². The fourth-order valence-corrected chi connectivity index (χ4v) is 2.47. The Hall–Kier alpha value is -2.42. The fraction of sp³-hybridized carbons (Fsp3) is 0.222. The van der Waals surface area contributed by atoms with Gasteiger partial charge in [0.2, 0.25) is 0 Å². The second-order valence-corrected chi connectivity index (χ2v) is 5.20. The van der Waals surface area contributed by atoms with Crippen LogP contribution in [0.4, 0.5) is 5.82 Å². The Balaban J connectivity index is 1.96. The quantitative estimate of drug-likeness (QED) is 0.769. The summed E-state index contributed by atoms with van der Waals surface area (Å²) >= 11 is 0. The third-order valence-electron chi connectivity index (χ3n) is 3.76. The van der Waals surface area contributed by atoms with Crippen LogP contribution in [0.1, 0.15) is 31.0 Å². The van der Waals surface area contributed by atoms with Gasteiger partial charge in [0.25, 0.3) is 0 Å². The van der Waals surface area contributed by atoms with Crippen molar-refractivity contribution in [2.45, 2.75) is 26.3 Å². The van der Waals surface area contributed by atoms with Gasteiger partial charge in [0.15, 0.2) is 0 Å². The summed E-state index contributed by atoms with van der Waals surface area (Å²) in [7, 11) is 0. The largest absolute Gasteiger partial charge is 0.363 e. The second-order valence-electron chi connectivity index (χ2n) is 5.20. The van der Waals surface area contributed by atoms with Crippen LogP contribution in [-0.2, 0) is 6.42 Å². The van der Waals surface area contributed by atoms with Gasteiger partial charge < -0.3 is 5.32 Å². The number of hydrogen-bond donors (Lipinski definition) is 1. The summed E-state index contributed by atoms with van der Waals surface area (Å²) in [6, 6.07) is 17.0. The Morgan fingerprint density at radius 1 is 1.05 bits per heavy atom. The number of aromatic nitrogens is 2. The molecule has 3 nitrogen and oxygen atoms in total. The molecule has 3 heteroatoms. The van der Waals surface area contributed by atoms with Gasteiger partial charge in [-0.1, -0.05) is 43.3 Å². The maximum atomic E-state index is 4.43. The lowest BCUT2D eigenvalue weighted by Gasteiger charge is -2.16. The van der Waals surface area contributed by atoms with Crippen LogP contribution in [-0.4, -0.2) is 9.97 Å². The first-order chi connectivity index (χ1) is 10.3. The van der Waals surface area contributed by atoms with E-state index in [1.54, 1.807) is 6.33 Å². The summed E-state index contributed by atoms with van der Waals surface area (Å²) in [4.78, 5) is 8.77. The number of hydrogen-bond acceptors (Lipinski definition) is 3. The molecule has 1 aromatic heterocycles. The standard InChI is InChI=1S/C18H19N3/c1-3-14-9-10-17-16(11-14)18(20-12-19-17)21-13(2)15-7-5-4-6-8-15/h4-13H,3H2,1-2H3,(H,19,20,21). The summed E-state index contributed by atoms with van der Waals surface area (Å²) in [6.07, 6.45) is 2.63. The number of nitrogens with zero attached hydrogens (tertiary/aromatic N) is 2.